The monoisotopic (exact) mass is 404 g/mol. The molecular formula is C25H28N2O3. The average molecular weight is 405 g/mol. The predicted molar refractivity (Wildman–Crippen MR) is 119 cm³/mol. The summed E-state index contributed by atoms with van der Waals surface area (Å²) in [7, 11) is 3.23. The zero-order chi connectivity index (χ0) is 21.3. The number of ether oxygens (including phenoxy) is 2. The van der Waals surface area contributed by atoms with Gasteiger partial charge in [-0.15, -0.1) is 0 Å². The minimum Gasteiger partial charge on any atom is -0.493 e. The van der Waals surface area contributed by atoms with Crippen LogP contribution >= 0.6 is 0 Å². The van der Waals surface area contributed by atoms with Gasteiger partial charge in [-0.2, -0.15) is 0 Å². The Morgan fingerprint density at radius 1 is 0.967 bits per heavy atom. The Bertz CT molecular complexity index is 1070. The van der Waals surface area contributed by atoms with Crippen LogP contribution in [0.25, 0.3) is 22.2 Å². The smallest absolute Gasteiger partial charge is 0.254 e. The molecule has 5 nitrogen and oxygen atoms in total. The summed E-state index contributed by atoms with van der Waals surface area (Å²) < 4.78 is 10.8. The number of nitrogens with zero attached hydrogens (tertiary/aromatic N) is 2. The van der Waals surface area contributed by atoms with Crippen molar-refractivity contribution >= 4 is 16.8 Å². The van der Waals surface area contributed by atoms with Crippen molar-refractivity contribution in [2.45, 2.75) is 20.3 Å². The number of rotatable bonds is 4. The van der Waals surface area contributed by atoms with E-state index in [1.54, 1.807) is 14.2 Å². The average Bonchev–Trinajstić information content (AvgIpc) is 2.76. The molecule has 0 radical (unpaired) electrons. The number of likely N-dealkylation sites (tertiary alicyclic amines) is 1. The Labute approximate surface area is 177 Å². The third kappa shape index (κ3) is 3.84. The molecule has 1 aliphatic heterocycles. The van der Waals surface area contributed by atoms with E-state index in [0.717, 1.165) is 41.7 Å². The van der Waals surface area contributed by atoms with Crippen LogP contribution in [0.15, 0.2) is 48.5 Å². The summed E-state index contributed by atoms with van der Waals surface area (Å²) in [5.74, 6) is 2.40. The summed E-state index contributed by atoms with van der Waals surface area (Å²) in [6.45, 7) is 6.03. The molecule has 0 bridgehead atoms. The number of piperidine rings is 1. The first-order valence-corrected chi connectivity index (χ1v) is 10.4. The van der Waals surface area contributed by atoms with Crippen LogP contribution in [0.2, 0.25) is 0 Å². The van der Waals surface area contributed by atoms with Gasteiger partial charge in [0.25, 0.3) is 5.91 Å². The summed E-state index contributed by atoms with van der Waals surface area (Å²) in [5.41, 5.74) is 3.14. The van der Waals surface area contributed by atoms with Crippen LogP contribution in [-0.2, 0) is 0 Å². The first kappa shape index (κ1) is 20.2. The van der Waals surface area contributed by atoms with Crippen LogP contribution in [-0.4, -0.2) is 43.1 Å². The molecule has 1 aliphatic rings. The van der Waals surface area contributed by atoms with Crippen LogP contribution in [0.5, 0.6) is 11.5 Å². The van der Waals surface area contributed by atoms with Gasteiger partial charge in [0.15, 0.2) is 11.5 Å². The normalized spacial score (nSPS) is 19.0. The molecule has 5 heteroatoms. The first-order chi connectivity index (χ1) is 14.5. The summed E-state index contributed by atoms with van der Waals surface area (Å²) in [6.07, 6.45) is 1.16. The van der Waals surface area contributed by atoms with Crippen LogP contribution in [0.1, 0.15) is 30.6 Å². The van der Waals surface area contributed by atoms with Gasteiger partial charge in [0.1, 0.15) is 0 Å². The lowest BCUT2D eigenvalue weighted by atomic mass is 9.91. The molecule has 0 saturated carbocycles. The molecule has 156 valence electrons. The van der Waals surface area contributed by atoms with Crippen LogP contribution < -0.4 is 9.47 Å². The quantitative estimate of drug-likeness (QED) is 0.611. The molecule has 0 N–H and O–H groups in total. The molecular weight excluding hydrogens is 376 g/mol. The maximum atomic E-state index is 13.6. The molecule has 0 spiro atoms. The number of methoxy groups -OCH3 is 2. The van der Waals surface area contributed by atoms with Gasteiger partial charge in [-0.25, -0.2) is 4.98 Å². The highest BCUT2D eigenvalue weighted by atomic mass is 16.5. The van der Waals surface area contributed by atoms with E-state index in [9.17, 15) is 4.79 Å². The lowest BCUT2D eigenvalue weighted by Crippen LogP contribution is -2.42. The second-order valence-electron chi connectivity index (χ2n) is 8.30. The first-order valence-electron chi connectivity index (χ1n) is 10.4. The van der Waals surface area contributed by atoms with Crippen molar-refractivity contribution in [1.29, 1.82) is 0 Å². The van der Waals surface area contributed by atoms with Gasteiger partial charge in [0.05, 0.1) is 31.0 Å². The van der Waals surface area contributed by atoms with Gasteiger partial charge in [-0.05, 0) is 48.6 Å². The molecule has 4 rings (SSSR count). The lowest BCUT2D eigenvalue weighted by molar-refractivity contribution is 0.0625. The number of carbonyl (C=O) groups excluding carboxylic acids is 1. The van der Waals surface area contributed by atoms with E-state index < -0.39 is 0 Å². The SMILES string of the molecule is COc1ccc(-c2cc(C(=O)N3C[C@H](C)C[C@H](C)C3)c3ccccc3n2)cc1OC. The number of hydrogen-bond acceptors (Lipinski definition) is 4. The van der Waals surface area contributed by atoms with E-state index >= 15 is 0 Å². The second-order valence-corrected chi connectivity index (χ2v) is 8.30. The fourth-order valence-corrected chi connectivity index (χ4v) is 4.49. The third-order valence-corrected chi connectivity index (χ3v) is 5.78. The number of aromatic nitrogens is 1. The summed E-state index contributed by atoms with van der Waals surface area (Å²) in [6, 6.07) is 15.5. The maximum absolute atomic E-state index is 13.6. The molecule has 2 heterocycles. The van der Waals surface area contributed by atoms with E-state index in [4.69, 9.17) is 14.5 Å². The van der Waals surface area contributed by atoms with E-state index in [1.165, 1.54) is 0 Å². The number of benzene rings is 2. The minimum atomic E-state index is 0.0775. The molecule has 2 aromatic carbocycles. The van der Waals surface area contributed by atoms with Crippen molar-refractivity contribution in [3.05, 3.63) is 54.1 Å². The number of carbonyl (C=O) groups is 1. The molecule has 1 amide bonds. The number of amides is 1. The zero-order valence-corrected chi connectivity index (χ0v) is 18.0. The van der Waals surface area contributed by atoms with Gasteiger partial charge in [0.2, 0.25) is 0 Å². The summed E-state index contributed by atoms with van der Waals surface area (Å²) >= 11 is 0. The van der Waals surface area contributed by atoms with Gasteiger partial charge in [0, 0.05) is 24.0 Å². The topological polar surface area (TPSA) is 51.7 Å². The fraction of sp³-hybridized carbons (Fsp3) is 0.360. The molecule has 0 unspecified atom stereocenters. The number of pyridine rings is 1. The zero-order valence-electron chi connectivity index (χ0n) is 18.0. The van der Waals surface area contributed by atoms with Crippen LogP contribution in [0, 0.1) is 11.8 Å². The lowest BCUT2D eigenvalue weighted by Gasteiger charge is -2.35. The number of hydrogen-bond donors (Lipinski definition) is 0. The van der Waals surface area contributed by atoms with Crippen molar-refractivity contribution in [3.8, 4) is 22.8 Å². The molecule has 1 fully saturated rings. The largest absolute Gasteiger partial charge is 0.493 e. The Hall–Kier alpha value is -3.08. The fourth-order valence-electron chi connectivity index (χ4n) is 4.49. The molecule has 30 heavy (non-hydrogen) atoms. The standard InChI is InChI=1S/C25H28N2O3/c1-16-11-17(2)15-27(14-16)25(28)20-13-22(26-21-8-6-5-7-19(20)21)18-9-10-23(29-3)24(12-18)30-4/h5-10,12-13,16-17H,11,14-15H2,1-4H3/t16-,17+. The van der Waals surface area contributed by atoms with E-state index in [1.807, 2.05) is 53.4 Å². The van der Waals surface area contributed by atoms with Crippen LogP contribution in [0.3, 0.4) is 0 Å². The molecule has 3 aromatic rings. The Morgan fingerprint density at radius 2 is 1.67 bits per heavy atom. The predicted octanol–water partition coefficient (Wildman–Crippen LogP) is 5.04. The van der Waals surface area contributed by atoms with E-state index in [-0.39, 0.29) is 5.91 Å². The van der Waals surface area contributed by atoms with Crippen molar-refractivity contribution in [1.82, 2.24) is 9.88 Å². The van der Waals surface area contributed by atoms with Crippen molar-refractivity contribution < 1.29 is 14.3 Å². The van der Waals surface area contributed by atoms with Crippen molar-refractivity contribution in [3.63, 3.8) is 0 Å². The Balaban J connectivity index is 1.81. The van der Waals surface area contributed by atoms with Gasteiger partial charge in [-0.3, -0.25) is 4.79 Å². The Morgan fingerprint density at radius 3 is 2.37 bits per heavy atom. The van der Waals surface area contributed by atoms with Gasteiger partial charge >= 0.3 is 0 Å². The molecule has 1 aromatic heterocycles. The van der Waals surface area contributed by atoms with Crippen LogP contribution in [0.4, 0.5) is 0 Å². The highest BCUT2D eigenvalue weighted by Crippen LogP contribution is 2.34. The molecule has 1 saturated heterocycles. The highest BCUT2D eigenvalue weighted by Gasteiger charge is 2.27. The third-order valence-electron chi connectivity index (χ3n) is 5.78. The van der Waals surface area contributed by atoms with E-state index in [2.05, 4.69) is 13.8 Å². The second kappa shape index (κ2) is 8.34. The van der Waals surface area contributed by atoms with Crippen molar-refractivity contribution in [2.75, 3.05) is 27.3 Å². The number of para-hydroxylation sites is 1. The summed E-state index contributed by atoms with van der Waals surface area (Å²) in [4.78, 5) is 20.4. The van der Waals surface area contributed by atoms with Crippen molar-refractivity contribution in [2.24, 2.45) is 11.8 Å². The van der Waals surface area contributed by atoms with Gasteiger partial charge < -0.3 is 14.4 Å². The molecule has 2 atom stereocenters. The van der Waals surface area contributed by atoms with E-state index in [0.29, 0.717) is 28.9 Å². The highest BCUT2D eigenvalue weighted by molar-refractivity contribution is 6.07. The van der Waals surface area contributed by atoms with Gasteiger partial charge in [-0.1, -0.05) is 32.0 Å². The maximum Gasteiger partial charge on any atom is 0.254 e. The number of fused-ring (bicyclic) bond motifs is 1. The minimum absolute atomic E-state index is 0.0775. The Kier molecular flexibility index (Phi) is 5.62. The summed E-state index contributed by atoms with van der Waals surface area (Å²) in [5, 5.41) is 0.887. The molecule has 0 aliphatic carbocycles.